The molecule has 3 N–H and O–H groups in total. The Morgan fingerprint density at radius 2 is 1.84 bits per heavy atom. The Balaban J connectivity index is 1.67. The zero-order valence-electron chi connectivity index (χ0n) is 21.0. The average molecular weight is 540 g/mol. The molecule has 1 atom stereocenters. The second-order valence-corrected chi connectivity index (χ2v) is 12.4. The number of hydrogen-bond donors (Lipinski definition) is 2. The largest absolute Gasteiger partial charge is 0.391 e. The number of alkyl halides is 3. The van der Waals surface area contributed by atoms with Crippen LogP contribution in [-0.2, 0) is 10.0 Å². The third kappa shape index (κ3) is 5.68. The Labute approximate surface area is 214 Å². The van der Waals surface area contributed by atoms with Gasteiger partial charge < -0.3 is 10.6 Å². The van der Waals surface area contributed by atoms with Crippen molar-refractivity contribution in [3.05, 3.63) is 41.7 Å². The molecule has 0 unspecified atom stereocenters. The van der Waals surface area contributed by atoms with E-state index in [0.717, 1.165) is 6.42 Å². The van der Waals surface area contributed by atoms with Gasteiger partial charge in [-0.05, 0) is 76.1 Å². The zero-order valence-corrected chi connectivity index (χ0v) is 21.9. The molecule has 1 aliphatic heterocycles. The topological polar surface area (TPSA) is 118 Å². The summed E-state index contributed by atoms with van der Waals surface area (Å²) in [7, 11) is -4.31. The van der Waals surface area contributed by atoms with Gasteiger partial charge in [0.15, 0.2) is 0 Å². The van der Waals surface area contributed by atoms with E-state index < -0.39 is 28.0 Å². The van der Waals surface area contributed by atoms with Crippen molar-refractivity contribution in [2.75, 3.05) is 17.2 Å². The molecule has 8 nitrogen and oxygen atoms in total. The van der Waals surface area contributed by atoms with Gasteiger partial charge >= 0.3 is 6.18 Å². The summed E-state index contributed by atoms with van der Waals surface area (Å²) >= 11 is 0. The van der Waals surface area contributed by atoms with Crippen LogP contribution in [0.4, 0.5) is 24.8 Å². The maximum Gasteiger partial charge on any atom is 0.391 e. The highest BCUT2D eigenvalue weighted by atomic mass is 32.2. The van der Waals surface area contributed by atoms with Gasteiger partial charge in [-0.2, -0.15) is 13.2 Å². The molecule has 0 aromatic carbocycles. The number of nitrogens with two attached hydrogens (primary N) is 1. The number of pyridine rings is 2. The molecule has 1 aliphatic carbocycles. The predicted molar refractivity (Wildman–Crippen MR) is 133 cm³/mol. The number of hydrogen-bond acceptors (Lipinski definition) is 7. The Kier molecular flexibility index (Phi) is 7.17. The van der Waals surface area contributed by atoms with E-state index in [1.54, 1.807) is 6.07 Å². The molecule has 0 spiro atoms. The molecule has 1 amide bonds. The second-order valence-electron chi connectivity index (χ2n) is 10.8. The molecule has 202 valence electrons. The highest BCUT2D eigenvalue weighted by molar-refractivity contribution is 7.90. The van der Waals surface area contributed by atoms with E-state index in [-0.39, 0.29) is 40.6 Å². The van der Waals surface area contributed by atoms with Crippen molar-refractivity contribution in [1.82, 2.24) is 14.7 Å². The fraction of sp³-hybridized carbons (Fsp3) is 0.560. The van der Waals surface area contributed by atoms with Crippen LogP contribution in [-0.4, -0.2) is 42.6 Å². The first kappa shape index (κ1) is 27.2. The molecule has 37 heavy (non-hydrogen) atoms. The zero-order chi connectivity index (χ0) is 27.2. The minimum atomic E-state index is -4.31. The number of carbonyl (C=O) groups is 1. The summed E-state index contributed by atoms with van der Waals surface area (Å²) in [6.07, 6.45) is -1.27. The van der Waals surface area contributed by atoms with Gasteiger partial charge in [0.1, 0.15) is 16.5 Å². The predicted octanol–water partition coefficient (Wildman–Crippen LogP) is 4.64. The van der Waals surface area contributed by atoms with Gasteiger partial charge in [0.2, 0.25) is 0 Å². The molecule has 1 saturated heterocycles. The number of aromatic nitrogens is 2. The first-order chi connectivity index (χ1) is 17.2. The Morgan fingerprint density at radius 3 is 2.41 bits per heavy atom. The van der Waals surface area contributed by atoms with Crippen LogP contribution in [0.5, 0.6) is 0 Å². The van der Waals surface area contributed by atoms with Crippen LogP contribution in [0.2, 0.25) is 0 Å². The smallest absolute Gasteiger partial charge is 0.383 e. The van der Waals surface area contributed by atoms with Gasteiger partial charge in [-0.3, -0.25) is 4.79 Å². The standard InChI is InChI=1S/C25H32F3N5O3S/c1-15-13-24(2,3)33(14-15)22-18(23(34)32-37(35,36)20-5-4-12-30-21(20)29)10-11-19(31-22)16-6-8-17(9-7-16)25(26,27)28/h4-5,10-12,15-17H,6-9,13-14H2,1-3H3,(H2,29,30)(H,32,34)/t15-,16?,17?/m0/s1. The SMILES string of the molecule is C[C@@H]1CN(c2nc(C3CCC(C(F)(F)F)CC3)ccc2C(=O)NS(=O)(=O)c2cccnc2N)C(C)(C)C1. The Morgan fingerprint density at radius 1 is 1.16 bits per heavy atom. The molecule has 2 aliphatic rings. The molecule has 2 aromatic rings. The summed E-state index contributed by atoms with van der Waals surface area (Å²) in [4.78, 5) is 23.6. The van der Waals surface area contributed by atoms with Gasteiger partial charge in [-0.15, -0.1) is 0 Å². The molecule has 3 heterocycles. The number of halogens is 3. The Hall–Kier alpha value is -2.89. The van der Waals surface area contributed by atoms with Crippen LogP contribution in [0.3, 0.4) is 0 Å². The summed E-state index contributed by atoms with van der Waals surface area (Å²) in [6, 6.07) is 5.79. The maximum absolute atomic E-state index is 13.3. The van der Waals surface area contributed by atoms with Gasteiger partial charge in [0, 0.05) is 29.9 Å². The second kappa shape index (κ2) is 9.77. The van der Waals surface area contributed by atoms with E-state index in [0.29, 0.717) is 36.8 Å². The van der Waals surface area contributed by atoms with Crippen molar-refractivity contribution in [2.24, 2.45) is 11.8 Å². The number of nitrogen functional groups attached to an aromatic ring is 1. The van der Waals surface area contributed by atoms with E-state index in [9.17, 15) is 26.4 Å². The lowest BCUT2D eigenvalue weighted by molar-refractivity contribution is -0.182. The van der Waals surface area contributed by atoms with Gasteiger partial charge in [-0.1, -0.05) is 6.92 Å². The van der Waals surface area contributed by atoms with Crippen molar-refractivity contribution < 1.29 is 26.4 Å². The van der Waals surface area contributed by atoms with Crippen molar-refractivity contribution in [3.63, 3.8) is 0 Å². The first-order valence-corrected chi connectivity index (χ1v) is 13.8. The van der Waals surface area contributed by atoms with Crippen LogP contribution in [0, 0.1) is 11.8 Å². The number of nitrogens with one attached hydrogen (secondary N) is 1. The van der Waals surface area contributed by atoms with E-state index in [4.69, 9.17) is 10.7 Å². The van der Waals surface area contributed by atoms with E-state index in [1.165, 1.54) is 24.4 Å². The van der Waals surface area contributed by atoms with Crippen molar-refractivity contribution in [3.8, 4) is 0 Å². The van der Waals surface area contributed by atoms with E-state index in [2.05, 4.69) is 16.6 Å². The summed E-state index contributed by atoms with van der Waals surface area (Å²) < 4.78 is 67.3. The van der Waals surface area contributed by atoms with Crippen LogP contribution in [0.1, 0.15) is 74.8 Å². The van der Waals surface area contributed by atoms with Gasteiger partial charge in [0.25, 0.3) is 15.9 Å². The van der Waals surface area contributed by atoms with Crippen molar-refractivity contribution in [2.45, 2.75) is 75.4 Å². The number of sulfonamides is 1. The van der Waals surface area contributed by atoms with Crippen LogP contribution in [0.15, 0.2) is 35.4 Å². The lowest BCUT2D eigenvalue weighted by Crippen LogP contribution is -2.41. The van der Waals surface area contributed by atoms with Gasteiger partial charge in [-0.25, -0.2) is 23.1 Å². The summed E-state index contributed by atoms with van der Waals surface area (Å²) in [5.74, 6) is -1.95. The summed E-state index contributed by atoms with van der Waals surface area (Å²) in [5.41, 5.74) is 6.03. The quantitative estimate of drug-likeness (QED) is 0.568. The molecule has 0 radical (unpaired) electrons. The monoisotopic (exact) mass is 539 g/mol. The third-order valence-electron chi connectivity index (χ3n) is 7.39. The maximum atomic E-state index is 13.3. The lowest BCUT2D eigenvalue weighted by Gasteiger charge is -2.35. The lowest BCUT2D eigenvalue weighted by atomic mass is 9.80. The first-order valence-electron chi connectivity index (χ1n) is 12.3. The third-order valence-corrected chi connectivity index (χ3v) is 8.77. The number of nitrogens with zero attached hydrogens (tertiary/aromatic N) is 3. The van der Waals surface area contributed by atoms with Crippen molar-refractivity contribution >= 4 is 27.6 Å². The molecular formula is C25H32F3N5O3S. The summed E-state index contributed by atoms with van der Waals surface area (Å²) in [6.45, 7) is 6.73. The fourth-order valence-electron chi connectivity index (χ4n) is 5.61. The van der Waals surface area contributed by atoms with Crippen LogP contribution >= 0.6 is 0 Å². The Bertz CT molecular complexity index is 1270. The molecule has 0 bridgehead atoms. The number of amides is 1. The average Bonchev–Trinajstić information content (AvgIpc) is 3.09. The number of anilines is 2. The molecular weight excluding hydrogens is 507 g/mol. The minimum absolute atomic E-state index is 0.0322. The number of carbonyl (C=O) groups excluding carboxylic acids is 1. The number of rotatable bonds is 5. The molecule has 4 rings (SSSR count). The van der Waals surface area contributed by atoms with Crippen LogP contribution in [0.25, 0.3) is 0 Å². The molecule has 12 heteroatoms. The molecule has 1 saturated carbocycles. The van der Waals surface area contributed by atoms with E-state index in [1.807, 2.05) is 18.7 Å². The minimum Gasteiger partial charge on any atom is -0.383 e. The fourth-order valence-corrected chi connectivity index (χ4v) is 6.66. The van der Waals surface area contributed by atoms with Crippen molar-refractivity contribution in [1.29, 1.82) is 0 Å². The summed E-state index contributed by atoms with van der Waals surface area (Å²) in [5, 5.41) is 0. The van der Waals surface area contributed by atoms with Gasteiger partial charge in [0.05, 0.1) is 11.5 Å². The highest BCUT2D eigenvalue weighted by Crippen LogP contribution is 2.44. The van der Waals surface area contributed by atoms with E-state index >= 15 is 0 Å². The van der Waals surface area contributed by atoms with Crippen LogP contribution < -0.4 is 15.4 Å². The normalized spacial score (nSPS) is 24.2. The molecule has 2 aromatic heterocycles. The molecule has 2 fully saturated rings. The highest BCUT2D eigenvalue weighted by Gasteiger charge is 2.43.